The Kier molecular flexibility index (Phi) is 5.27. The van der Waals surface area contributed by atoms with Gasteiger partial charge in [0.25, 0.3) is 0 Å². The van der Waals surface area contributed by atoms with Crippen molar-refractivity contribution < 1.29 is 14.3 Å². The number of rotatable bonds is 6. The van der Waals surface area contributed by atoms with Gasteiger partial charge in [-0.3, -0.25) is 4.79 Å². The van der Waals surface area contributed by atoms with Crippen LogP contribution in [0.4, 0.5) is 4.39 Å². The zero-order chi connectivity index (χ0) is 15.5. The highest BCUT2D eigenvalue weighted by molar-refractivity contribution is 7.99. The second-order valence-electron chi connectivity index (χ2n) is 5.66. The maximum absolute atomic E-state index is 13.5. The van der Waals surface area contributed by atoms with E-state index in [0.29, 0.717) is 0 Å². The van der Waals surface area contributed by atoms with E-state index in [1.165, 1.54) is 23.9 Å². The number of hydrogen-bond donors (Lipinski definition) is 2. The molecule has 2 rings (SSSR count). The van der Waals surface area contributed by atoms with Crippen molar-refractivity contribution in [2.45, 2.75) is 42.9 Å². The lowest BCUT2D eigenvalue weighted by atomic mass is 9.63. The first kappa shape index (κ1) is 16.3. The number of nitrogens with one attached hydrogen (secondary N) is 1. The third kappa shape index (κ3) is 3.24. The Hall–Kier alpha value is -1.07. The van der Waals surface area contributed by atoms with Gasteiger partial charge in [0.2, 0.25) is 5.91 Å². The van der Waals surface area contributed by atoms with Gasteiger partial charge in [0.15, 0.2) is 0 Å². The number of carbonyl (C=O) groups is 1. The molecule has 1 aliphatic carbocycles. The smallest absolute Gasteiger partial charge is 0.230 e. The van der Waals surface area contributed by atoms with E-state index in [4.69, 9.17) is 0 Å². The second kappa shape index (κ2) is 6.79. The largest absolute Gasteiger partial charge is 0.395 e. The van der Waals surface area contributed by atoms with E-state index in [0.717, 1.165) is 24.8 Å². The Morgan fingerprint density at radius 1 is 1.52 bits per heavy atom. The summed E-state index contributed by atoms with van der Waals surface area (Å²) in [6.45, 7) is 1.92. The molecule has 2 unspecified atom stereocenters. The van der Waals surface area contributed by atoms with Gasteiger partial charge in [0.1, 0.15) is 5.82 Å². The number of aliphatic hydroxyl groups excluding tert-OH is 1. The van der Waals surface area contributed by atoms with E-state index in [-0.39, 0.29) is 29.6 Å². The van der Waals surface area contributed by atoms with Crippen LogP contribution in [0.5, 0.6) is 0 Å². The molecular formula is C16H22FNO2S. The van der Waals surface area contributed by atoms with Gasteiger partial charge in [-0.1, -0.05) is 18.6 Å². The van der Waals surface area contributed by atoms with Crippen molar-refractivity contribution in [2.75, 3.05) is 12.9 Å². The fraction of sp³-hybridized carbons (Fsp3) is 0.562. The quantitative estimate of drug-likeness (QED) is 0.848. The fourth-order valence-corrected chi connectivity index (χ4v) is 3.46. The van der Waals surface area contributed by atoms with Crippen molar-refractivity contribution in [1.82, 2.24) is 5.32 Å². The van der Waals surface area contributed by atoms with Crippen molar-refractivity contribution >= 4 is 17.7 Å². The number of benzene rings is 1. The first-order valence-electron chi connectivity index (χ1n) is 7.24. The molecular weight excluding hydrogens is 289 g/mol. The van der Waals surface area contributed by atoms with Crippen LogP contribution in [0.3, 0.4) is 0 Å². The minimum atomic E-state index is -0.602. The molecule has 2 atom stereocenters. The van der Waals surface area contributed by atoms with Crippen LogP contribution in [0.25, 0.3) is 0 Å². The lowest BCUT2D eigenvalue weighted by Crippen LogP contribution is -2.53. The summed E-state index contributed by atoms with van der Waals surface area (Å²) in [4.78, 5) is 12.7. The lowest BCUT2D eigenvalue weighted by Gasteiger charge is -2.42. The van der Waals surface area contributed by atoms with Gasteiger partial charge in [0, 0.05) is 11.3 Å². The Morgan fingerprint density at radius 2 is 2.24 bits per heavy atom. The Morgan fingerprint density at radius 3 is 2.71 bits per heavy atom. The zero-order valence-corrected chi connectivity index (χ0v) is 13.3. The highest BCUT2D eigenvalue weighted by Gasteiger charge is 2.46. The molecule has 0 aromatic heterocycles. The average molecular weight is 311 g/mol. The van der Waals surface area contributed by atoms with E-state index < -0.39 is 5.41 Å². The van der Waals surface area contributed by atoms with Crippen LogP contribution in [0.2, 0.25) is 0 Å². The molecule has 1 saturated carbocycles. The van der Waals surface area contributed by atoms with Crippen LogP contribution >= 0.6 is 11.8 Å². The fourth-order valence-electron chi connectivity index (χ4n) is 2.84. The third-order valence-corrected chi connectivity index (χ3v) is 5.58. The van der Waals surface area contributed by atoms with Crippen LogP contribution in [-0.4, -0.2) is 35.2 Å². The zero-order valence-electron chi connectivity index (χ0n) is 12.4. The van der Waals surface area contributed by atoms with Gasteiger partial charge in [0.05, 0.1) is 12.0 Å². The molecule has 0 saturated heterocycles. The van der Waals surface area contributed by atoms with Gasteiger partial charge >= 0.3 is 0 Å². The molecule has 1 fully saturated rings. The van der Waals surface area contributed by atoms with Crippen LogP contribution < -0.4 is 5.32 Å². The molecule has 2 N–H and O–H groups in total. The number of amides is 1. The summed E-state index contributed by atoms with van der Waals surface area (Å²) in [5.74, 6) is -0.365. The Bertz CT molecular complexity index is 501. The molecule has 0 spiro atoms. The molecule has 0 radical (unpaired) electrons. The number of hydrogen-bond acceptors (Lipinski definition) is 3. The summed E-state index contributed by atoms with van der Waals surface area (Å²) in [6, 6.07) is 6.21. The van der Waals surface area contributed by atoms with Crippen LogP contribution in [0.1, 0.15) is 31.7 Å². The summed E-state index contributed by atoms with van der Waals surface area (Å²) < 4.78 is 13.5. The number of aliphatic hydroxyl groups is 1. The molecule has 0 aliphatic heterocycles. The molecule has 0 heterocycles. The SMILES string of the molecule is CSC(CO)C(C)NC(=O)C1(c2cccc(F)c2)CCC1. The van der Waals surface area contributed by atoms with Gasteiger partial charge < -0.3 is 10.4 Å². The van der Waals surface area contributed by atoms with Crippen molar-refractivity contribution in [3.63, 3.8) is 0 Å². The lowest BCUT2D eigenvalue weighted by molar-refractivity contribution is -0.130. The maximum atomic E-state index is 13.5. The average Bonchev–Trinajstić information content (AvgIpc) is 2.38. The Labute approximate surface area is 129 Å². The highest BCUT2D eigenvalue weighted by Crippen LogP contribution is 2.44. The standard InChI is InChI=1S/C16H22FNO2S/c1-11(14(10-19)21-2)18-15(20)16(7-4-8-16)12-5-3-6-13(17)9-12/h3,5-6,9,11,14,19H,4,7-8,10H2,1-2H3,(H,18,20). The van der Waals surface area contributed by atoms with Gasteiger partial charge in [-0.05, 0) is 43.7 Å². The summed E-state index contributed by atoms with van der Waals surface area (Å²) in [5.41, 5.74) is 0.151. The van der Waals surface area contributed by atoms with Crippen LogP contribution in [0.15, 0.2) is 24.3 Å². The van der Waals surface area contributed by atoms with Gasteiger partial charge in [-0.15, -0.1) is 0 Å². The number of thioether (sulfide) groups is 1. The van der Waals surface area contributed by atoms with Crippen molar-refractivity contribution in [2.24, 2.45) is 0 Å². The molecule has 1 aliphatic rings. The van der Waals surface area contributed by atoms with E-state index >= 15 is 0 Å². The summed E-state index contributed by atoms with van der Waals surface area (Å²) >= 11 is 1.53. The van der Waals surface area contributed by atoms with E-state index in [1.807, 2.05) is 19.2 Å². The second-order valence-corrected chi connectivity index (χ2v) is 6.74. The van der Waals surface area contributed by atoms with Gasteiger partial charge in [-0.25, -0.2) is 4.39 Å². The topological polar surface area (TPSA) is 49.3 Å². The number of halogens is 1. The molecule has 5 heteroatoms. The maximum Gasteiger partial charge on any atom is 0.230 e. The molecule has 21 heavy (non-hydrogen) atoms. The summed E-state index contributed by atoms with van der Waals surface area (Å²) in [6.07, 6.45) is 4.38. The molecule has 1 amide bonds. The minimum absolute atomic E-state index is 0.0234. The predicted octanol–water partition coefficient (Wildman–Crippen LogP) is 2.48. The summed E-state index contributed by atoms with van der Waals surface area (Å²) in [7, 11) is 0. The van der Waals surface area contributed by atoms with Crippen LogP contribution in [0, 0.1) is 5.82 Å². The monoisotopic (exact) mass is 311 g/mol. The molecule has 0 bridgehead atoms. The van der Waals surface area contributed by atoms with Crippen molar-refractivity contribution in [3.05, 3.63) is 35.6 Å². The van der Waals surface area contributed by atoms with E-state index in [1.54, 1.807) is 6.07 Å². The third-order valence-electron chi connectivity index (χ3n) is 4.42. The van der Waals surface area contributed by atoms with Gasteiger partial charge in [-0.2, -0.15) is 11.8 Å². The van der Waals surface area contributed by atoms with Crippen molar-refractivity contribution in [1.29, 1.82) is 0 Å². The molecule has 116 valence electrons. The normalized spacial score (nSPS) is 19.4. The molecule has 1 aromatic rings. The Balaban J connectivity index is 2.15. The first-order chi connectivity index (χ1) is 10.0. The minimum Gasteiger partial charge on any atom is -0.395 e. The summed E-state index contributed by atoms with van der Waals surface area (Å²) in [5, 5.41) is 12.3. The van der Waals surface area contributed by atoms with E-state index in [2.05, 4.69) is 5.32 Å². The molecule has 3 nitrogen and oxygen atoms in total. The first-order valence-corrected chi connectivity index (χ1v) is 8.53. The predicted molar refractivity (Wildman–Crippen MR) is 83.9 cm³/mol. The van der Waals surface area contributed by atoms with Crippen molar-refractivity contribution in [3.8, 4) is 0 Å². The van der Waals surface area contributed by atoms with E-state index in [9.17, 15) is 14.3 Å². The van der Waals surface area contributed by atoms with Crippen LogP contribution in [-0.2, 0) is 10.2 Å². The molecule has 1 aromatic carbocycles. The number of carbonyl (C=O) groups excluding carboxylic acids is 1. The highest BCUT2D eigenvalue weighted by atomic mass is 32.2.